The fraction of sp³-hybridized carbons (Fsp3) is 0.111. The van der Waals surface area contributed by atoms with Gasteiger partial charge in [-0.2, -0.15) is 4.57 Å². The maximum Gasteiger partial charge on any atom is 0.421 e. The molecule has 0 fully saturated rings. The lowest BCUT2D eigenvalue weighted by Crippen LogP contribution is -2.33. The van der Waals surface area contributed by atoms with Crippen molar-refractivity contribution in [3.63, 3.8) is 0 Å². The lowest BCUT2D eigenvalue weighted by Gasteiger charge is -2.37. The lowest BCUT2D eigenvalue weighted by atomic mass is 9.77. The molecule has 1 aromatic heterocycles. The Labute approximate surface area is 239 Å². The van der Waals surface area contributed by atoms with Crippen molar-refractivity contribution in [2.45, 2.75) is 5.60 Å². The minimum Gasteiger partial charge on any atom is -0.503 e. The molecule has 0 aliphatic carbocycles. The van der Waals surface area contributed by atoms with Gasteiger partial charge in [-0.1, -0.05) is 35.3 Å². The maximum absolute atomic E-state index is 13.5. The van der Waals surface area contributed by atoms with Crippen molar-refractivity contribution in [3.05, 3.63) is 68.7 Å². The average molecular weight is 602 g/mol. The first-order valence-electron chi connectivity index (χ1n) is 11.6. The molecule has 2 aliphatic rings. The lowest BCUT2D eigenvalue weighted by molar-refractivity contribution is 0.0222. The quantitative estimate of drug-likeness (QED) is 0.190. The highest BCUT2D eigenvalue weighted by Gasteiger charge is 2.56. The van der Waals surface area contributed by atoms with Gasteiger partial charge in [-0.05, 0) is 23.8 Å². The summed E-state index contributed by atoms with van der Waals surface area (Å²) in [6.45, 7) is 0. The summed E-state index contributed by atoms with van der Waals surface area (Å²) >= 11 is 13.0. The number of rotatable bonds is 3. The molecule has 0 bridgehead atoms. The molecule has 210 valence electrons. The predicted molar refractivity (Wildman–Crippen MR) is 141 cm³/mol. The first-order chi connectivity index (χ1) is 19.5. The van der Waals surface area contributed by atoms with E-state index in [-0.39, 0.29) is 71.0 Å². The second-order valence-corrected chi connectivity index (χ2v) is 9.78. The van der Waals surface area contributed by atoms with E-state index in [2.05, 4.69) is 0 Å². The van der Waals surface area contributed by atoms with Crippen LogP contribution in [-0.4, -0.2) is 56.4 Å². The highest BCUT2D eigenvalue weighted by Crippen LogP contribution is 2.63. The van der Waals surface area contributed by atoms with Crippen LogP contribution in [0.25, 0.3) is 11.1 Å². The van der Waals surface area contributed by atoms with Gasteiger partial charge in [0, 0.05) is 17.2 Å². The molecule has 0 radical (unpaired) electrons. The van der Waals surface area contributed by atoms with Gasteiger partial charge in [0.25, 0.3) is 0 Å². The molecule has 12 nitrogen and oxygen atoms in total. The van der Waals surface area contributed by atoms with Gasteiger partial charge in [0.15, 0.2) is 40.1 Å². The van der Waals surface area contributed by atoms with Crippen LogP contribution in [0.1, 0.15) is 27.0 Å². The molecule has 0 atom stereocenters. The van der Waals surface area contributed by atoms with Crippen molar-refractivity contribution in [1.82, 2.24) is 4.57 Å². The first kappa shape index (κ1) is 26.3. The number of aromatic hydroxyl groups is 4. The van der Waals surface area contributed by atoms with Gasteiger partial charge >= 0.3 is 12.1 Å². The number of carboxylic acid groups (broad SMARTS) is 1. The molecule has 4 aromatic rings. The Morgan fingerprint density at radius 2 is 1.41 bits per heavy atom. The van der Waals surface area contributed by atoms with Gasteiger partial charge in [0.05, 0.1) is 30.9 Å². The monoisotopic (exact) mass is 601 g/mol. The number of esters is 1. The highest BCUT2D eigenvalue weighted by atomic mass is 35.5. The van der Waals surface area contributed by atoms with E-state index in [1.807, 2.05) is 0 Å². The van der Waals surface area contributed by atoms with E-state index in [1.165, 1.54) is 44.6 Å². The number of fused-ring (bicyclic) bond motifs is 6. The number of nitrogens with zero attached hydrogens (tertiary/aromatic N) is 1. The van der Waals surface area contributed by atoms with Crippen LogP contribution in [0.3, 0.4) is 0 Å². The predicted octanol–water partition coefficient (Wildman–Crippen LogP) is 5.40. The van der Waals surface area contributed by atoms with E-state index in [9.17, 15) is 35.1 Å². The van der Waals surface area contributed by atoms with E-state index < -0.39 is 40.9 Å². The Hall–Kier alpha value is -4.94. The van der Waals surface area contributed by atoms with E-state index in [4.69, 9.17) is 42.1 Å². The standard InChI is InChI=1S/C27H17Cl2NO11/c1-38-15-7-13-22(18(28)20(15)32)40-23-14(8-16(39-2)21(33)19(23)29)27(13)12-4-3-9(5-11(12)25(35)41-27)10-6-17(31)30(24(10)34)26(36)37/h3-8,31-34H,1-2H3,(H,36,37). The molecule has 6 rings (SSSR count). The minimum absolute atomic E-state index is 0.00501. The zero-order valence-corrected chi connectivity index (χ0v) is 22.4. The fourth-order valence-corrected chi connectivity index (χ4v) is 5.67. The number of ether oxygens (including phenoxy) is 4. The molecule has 1 spiro atoms. The molecular formula is C27H17Cl2NO11. The van der Waals surface area contributed by atoms with Crippen molar-refractivity contribution in [2.75, 3.05) is 14.2 Å². The molecular weight excluding hydrogens is 585 g/mol. The number of carbonyl (C=O) groups excluding carboxylic acids is 1. The largest absolute Gasteiger partial charge is 0.503 e. The Morgan fingerprint density at radius 3 is 1.90 bits per heavy atom. The summed E-state index contributed by atoms with van der Waals surface area (Å²) in [5, 5.41) is 50.4. The smallest absolute Gasteiger partial charge is 0.421 e. The van der Waals surface area contributed by atoms with Crippen LogP contribution >= 0.6 is 23.2 Å². The highest BCUT2D eigenvalue weighted by molar-refractivity contribution is 6.35. The third kappa shape index (κ3) is 3.34. The summed E-state index contributed by atoms with van der Waals surface area (Å²) in [5.41, 5.74) is -1.18. The zero-order valence-electron chi connectivity index (χ0n) is 20.9. The summed E-state index contributed by atoms with van der Waals surface area (Å²) < 4.78 is 22.9. The van der Waals surface area contributed by atoms with Crippen molar-refractivity contribution in [1.29, 1.82) is 0 Å². The molecule has 14 heteroatoms. The van der Waals surface area contributed by atoms with Gasteiger partial charge < -0.3 is 44.5 Å². The Kier molecular flexibility index (Phi) is 5.63. The Morgan fingerprint density at radius 1 is 0.854 bits per heavy atom. The van der Waals surface area contributed by atoms with Crippen LogP contribution in [-0.2, 0) is 10.3 Å². The zero-order chi connectivity index (χ0) is 29.5. The minimum atomic E-state index is -1.82. The summed E-state index contributed by atoms with van der Waals surface area (Å²) in [5.74, 6) is -3.64. The number of benzene rings is 3. The maximum atomic E-state index is 13.5. The van der Waals surface area contributed by atoms with E-state index >= 15 is 0 Å². The van der Waals surface area contributed by atoms with Gasteiger partial charge in [0.2, 0.25) is 11.8 Å². The van der Waals surface area contributed by atoms with Crippen LogP contribution in [0.4, 0.5) is 4.79 Å². The number of carbonyl (C=O) groups is 2. The van der Waals surface area contributed by atoms with E-state index in [0.717, 1.165) is 6.07 Å². The molecule has 0 amide bonds. The molecule has 0 saturated heterocycles. The third-order valence-corrected chi connectivity index (χ3v) is 7.75. The number of phenols is 2. The normalized spacial score (nSPS) is 14.1. The second-order valence-electron chi connectivity index (χ2n) is 9.03. The fourth-order valence-electron chi connectivity index (χ4n) is 5.20. The van der Waals surface area contributed by atoms with E-state index in [1.54, 1.807) is 0 Å². The molecule has 0 unspecified atom stereocenters. The van der Waals surface area contributed by atoms with Crippen molar-refractivity contribution >= 4 is 35.3 Å². The number of hydrogen-bond acceptors (Lipinski definition) is 10. The van der Waals surface area contributed by atoms with Gasteiger partial charge in [0.1, 0.15) is 10.0 Å². The van der Waals surface area contributed by atoms with Gasteiger partial charge in [-0.3, -0.25) is 0 Å². The van der Waals surface area contributed by atoms with Crippen LogP contribution in [0, 0.1) is 0 Å². The van der Waals surface area contributed by atoms with Crippen LogP contribution < -0.4 is 14.2 Å². The Balaban J connectivity index is 1.68. The number of halogens is 2. The first-order valence-corrected chi connectivity index (χ1v) is 12.3. The topological polar surface area (TPSA) is 177 Å². The molecule has 2 aliphatic heterocycles. The average Bonchev–Trinajstić information content (AvgIpc) is 3.41. The van der Waals surface area contributed by atoms with Gasteiger partial charge in [-0.25, -0.2) is 9.59 Å². The number of hydrogen-bond donors (Lipinski definition) is 5. The van der Waals surface area contributed by atoms with Crippen molar-refractivity contribution in [2.24, 2.45) is 0 Å². The number of methoxy groups -OCH3 is 2. The molecule has 3 aromatic carbocycles. The number of phenolic OH excluding ortho intramolecular Hbond substituents is 2. The summed E-state index contributed by atoms with van der Waals surface area (Å²) in [6.07, 6.45) is -1.62. The Bertz CT molecular complexity index is 1780. The summed E-state index contributed by atoms with van der Waals surface area (Å²) in [4.78, 5) is 25.0. The summed E-state index contributed by atoms with van der Waals surface area (Å²) in [6, 6.07) is 8.08. The third-order valence-electron chi connectivity index (χ3n) is 7.05. The van der Waals surface area contributed by atoms with Gasteiger partial charge in [-0.15, -0.1) is 0 Å². The van der Waals surface area contributed by atoms with Crippen molar-refractivity contribution < 1.29 is 54.1 Å². The van der Waals surface area contributed by atoms with Crippen LogP contribution in [0.5, 0.6) is 46.3 Å². The molecule has 3 heterocycles. The summed E-state index contributed by atoms with van der Waals surface area (Å²) in [7, 11) is 2.60. The number of aromatic nitrogens is 1. The van der Waals surface area contributed by atoms with Crippen LogP contribution in [0.15, 0.2) is 36.4 Å². The van der Waals surface area contributed by atoms with E-state index in [0.29, 0.717) is 0 Å². The molecule has 41 heavy (non-hydrogen) atoms. The second kappa shape index (κ2) is 8.78. The van der Waals surface area contributed by atoms with Crippen LogP contribution in [0.2, 0.25) is 10.0 Å². The molecule has 0 saturated carbocycles. The SMILES string of the molecule is COc1cc2c(c(Cl)c1O)Oc1c(cc(OC)c(O)c1Cl)C21OC(=O)c2cc(-c3cc(O)n(C(=O)O)c3O)ccc21. The van der Waals surface area contributed by atoms with Crippen molar-refractivity contribution in [3.8, 4) is 57.4 Å². The molecule has 5 N–H and O–H groups in total.